The lowest BCUT2D eigenvalue weighted by atomic mass is 10.2. The maximum absolute atomic E-state index is 12.9. The van der Waals surface area contributed by atoms with Gasteiger partial charge in [0, 0.05) is 28.7 Å². The van der Waals surface area contributed by atoms with Crippen LogP contribution in [0.15, 0.2) is 51.8 Å². The smallest absolute Gasteiger partial charge is 0.265 e. The van der Waals surface area contributed by atoms with Crippen LogP contribution < -0.4 is 9.46 Å². The Kier molecular flexibility index (Phi) is 4.65. The minimum Gasteiger partial charge on any atom is -0.495 e. The van der Waals surface area contributed by atoms with Crippen molar-refractivity contribution < 1.29 is 13.2 Å². The maximum Gasteiger partial charge on any atom is 0.265 e. The van der Waals surface area contributed by atoms with Crippen molar-refractivity contribution in [1.29, 1.82) is 0 Å². The number of anilines is 1. The first-order valence-corrected chi connectivity index (χ1v) is 10.6. The third kappa shape index (κ3) is 3.44. The zero-order chi connectivity index (χ0) is 19.0. The fraction of sp³-hybridized carbons (Fsp3) is 0.222. The van der Waals surface area contributed by atoms with E-state index in [0.29, 0.717) is 10.2 Å². The topological polar surface area (TPSA) is 86.1 Å². The van der Waals surface area contributed by atoms with Crippen molar-refractivity contribution in [3.63, 3.8) is 0 Å². The third-order valence-electron chi connectivity index (χ3n) is 4.40. The number of halogens is 1. The first kappa shape index (κ1) is 18.0. The van der Waals surface area contributed by atoms with Gasteiger partial charge in [-0.2, -0.15) is 0 Å². The molecule has 1 aromatic heterocycles. The van der Waals surface area contributed by atoms with Gasteiger partial charge in [0.2, 0.25) is 0 Å². The molecule has 0 bridgehead atoms. The zero-order valence-corrected chi connectivity index (χ0v) is 16.9. The summed E-state index contributed by atoms with van der Waals surface area (Å²) in [5.41, 5.74) is 1.27. The molecule has 2 aromatic carbocycles. The molecule has 1 aliphatic rings. The number of aryl methyl sites for hydroxylation is 1. The van der Waals surface area contributed by atoms with E-state index in [1.807, 2.05) is 6.07 Å². The number of sulfonamides is 1. The highest BCUT2D eigenvalue weighted by Crippen LogP contribution is 2.30. The van der Waals surface area contributed by atoms with Crippen molar-refractivity contribution in [3.8, 4) is 17.1 Å². The zero-order valence-electron chi connectivity index (χ0n) is 14.5. The summed E-state index contributed by atoms with van der Waals surface area (Å²) in [6.07, 6.45) is 1.97. The predicted molar refractivity (Wildman–Crippen MR) is 105 cm³/mol. The molecule has 9 heteroatoms. The molecule has 2 heterocycles. The molecule has 0 spiro atoms. The minimum atomic E-state index is -3.82. The summed E-state index contributed by atoms with van der Waals surface area (Å²) in [5.74, 6) is 2.00. The fourth-order valence-electron chi connectivity index (χ4n) is 3.16. The lowest BCUT2D eigenvalue weighted by Gasteiger charge is -2.13. The molecular weight excluding hydrogens is 432 g/mol. The Labute approximate surface area is 165 Å². The van der Waals surface area contributed by atoms with Crippen molar-refractivity contribution >= 4 is 31.6 Å². The number of hydrogen-bond acceptors (Lipinski definition) is 5. The highest BCUT2D eigenvalue weighted by Gasteiger charge is 2.22. The van der Waals surface area contributed by atoms with Gasteiger partial charge in [-0.25, -0.2) is 8.42 Å². The average molecular weight is 449 g/mol. The second kappa shape index (κ2) is 6.97. The minimum absolute atomic E-state index is 0.0631. The number of nitrogens with one attached hydrogen (secondary N) is 1. The van der Waals surface area contributed by atoms with E-state index in [9.17, 15) is 8.42 Å². The number of benzene rings is 2. The van der Waals surface area contributed by atoms with Gasteiger partial charge in [0.15, 0.2) is 5.82 Å². The van der Waals surface area contributed by atoms with Crippen LogP contribution in [0.2, 0.25) is 0 Å². The van der Waals surface area contributed by atoms with Gasteiger partial charge < -0.3 is 9.30 Å². The van der Waals surface area contributed by atoms with E-state index in [-0.39, 0.29) is 10.6 Å². The van der Waals surface area contributed by atoms with E-state index in [2.05, 4.69) is 35.4 Å². The van der Waals surface area contributed by atoms with Crippen LogP contribution in [0.25, 0.3) is 11.4 Å². The van der Waals surface area contributed by atoms with Gasteiger partial charge in [0.25, 0.3) is 10.0 Å². The quantitative estimate of drug-likeness (QED) is 0.645. The second-order valence-electron chi connectivity index (χ2n) is 6.18. The van der Waals surface area contributed by atoms with E-state index in [1.165, 1.54) is 13.2 Å². The van der Waals surface area contributed by atoms with Crippen LogP contribution in [-0.4, -0.2) is 30.3 Å². The Bertz CT molecular complexity index is 1110. The van der Waals surface area contributed by atoms with Gasteiger partial charge in [-0.15, -0.1) is 10.2 Å². The van der Waals surface area contributed by atoms with Gasteiger partial charge in [0.05, 0.1) is 7.11 Å². The van der Waals surface area contributed by atoms with Gasteiger partial charge in [-0.3, -0.25) is 4.72 Å². The lowest BCUT2D eigenvalue weighted by molar-refractivity contribution is 0.403. The molecule has 0 fully saturated rings. The average Bonchev–Trinajstić information content (AvgIpc) is 3.25. The number of methoxy groups -OCH3 is 1. The number of fused-ring (bicyclic) bond motifs is 1. The van der Waals surface area contributed by atoms with Crippen molar-refractivity contribution in [2.24, 2.45) is 0 Å². The summed E-state index contributed by atoms with van der Waals surface area (Å²) in [6, 6.07) is 12.0. The molecule has 140 valence electrons. The maximum atomic E-state index is 12.9. The normalized spacial score (nSPS) is 13.4. The van der Waals surface area contributed by atoms with Crippen LogP contribution in [0.4, 0.5) is 5.69 Å². The Morgan fingerprint density at radius 2 is 2.04 bits per heavy atom. The van der Waals surface area contributed by atoms with Crippen LogP contribution in [0.5, 0.6) is 5.75 Å². The summed E-state index contributed by atoms with van der Waals surface area (Å²) in [5, 5.41) is 8.46. The summed E-state index contributed by atoms with van der Waals surface area (Å²) in [7, 11) is -2.38. The molecule has 0 aliphatic carbocycles. The number of nitrogens with zero attached hydrogens (tertiary/aromatic N) is 3. The standard InChI is InChI=1S/C18H17BrN4O3S/c1-26-15-8-7-13(19)11-16(15)27(24,25)22-14-5-2-4-12(10-14)18-21-20-17-6-3-9-23(17)18/h2,4-5,7-8,10-11,22H,3,6,9H2,1H3. The number of ether oxygens (including phenoxy) is 1. The molecule has 0 atom stereocenters. The van der Waals surface area contributed by atoms with Crippen LogP contribution >= 0.6 is 15.9 Å². The highest BCUT2D eigenvalue weighted by molar-refractivity contribution is 9.10. The molecule has 27 heavy (non-hydrogen) atoms. The Balaban J connectivity index is 1.68. The predicted octanol–water partition coefficient (Wildman–Crippen LogP) is 3.46. The molecule has 0 saturated heterocycles. The number of aromatic nitrogens is 3. The summed E-state index contributed by atoms with van der Waals surface area (Å²) in [4.78, 5) is 0.0631. The first-order chi connectivity index (χ1) is 13.0. The molecular formula is C18H17BrN4O3S. The van der Waals surface area contributed by atoms with E-state index < -0.39 is 10.0 Å². The Morgan fingerprint density at radius 3 is 2.85 bits per heavy atom. The summed E-state index contributed by atoms with van der Waals surface area (Å²) < 4.78 is 36.3. The van der Waals surface area contributed by atoms with Gasteiger partial charge in [0.1, 0.15) is 16.5 Å². The van der Waals surface area contributed by atoms with Crippen LogP contribution in [-0.2, 0) is 23.0 Å². The lowest BCUT2D eigenvalue weighted by Crippen LogP contribution is -2.14. The van der Waals surface area contributed by atoms with Gasteiger partial charge in [-0.05, 0) is 36.8 Å². The molecule has 3 aromatic rings. The first-order valence-electron chi connectivity index (χ1n) is 8.37. The van der Waals surface area contributed by atoms with Crippen molar-refractivity contribution in [3.05, 3.63) is 52.8 Å². The number of hydrogen-bond donors (Lipinski definition) is 1. The third-order valence-corrected chi connectivity index (χ3v) is 6.29. The Morgan fingerprint density at radius 1 is 1.19 bits per heavy atom. The fourth-order valence-corrected chi connectivity index (χ4v) is 4.91. The number of rotatable bonds is 5. The molecule has 1 aliphatic heterocycles. The van der Waals surface area contributed by atoms with Crippen LogP contribution in [0, 0.1) is 0 Å². The van der Waals surface area contributed by atoms with Crippen molar-refractivity contribution in [1.82, 2.24) is 14.8 Å². The van der Waals surface area contributed by atoms with Crippen LogP contribution in [0.1, 0.15) is 12.2 Å². The van der Waals surface area contributed by atoms with Crippen molar-refractivity contribution in [2.45, 2.75) is 24.3 Å². The molecule has 0 saturated carbocycles. The van der Waals surface area contributed by atoms with Gasteiger partial charge in [-0.1, -0.05) is 28.1 Å². The molecule has 4 rings (SSSR count). The van der Waals surface area contributed by atoms with E-state index in [0.717, 1.165) is 36.6 Å². The van der Waals surface area contributed by atoms with Crippen LogP contribution in [0.3, 0.4) is 0 Å². The second-order valence-corrected chi connectivity index (χ2v) is 8.74. The Hall–Kier alpha value is -2.39. The monoisotopic (exact) mass is 448 g/mol. The highest BCUT2D eigenvalue weighted by atomic mass is 79.9. The molecule has 7 nitrogen and oxygen atoms in total. The summed E-state index contributed by atoms with van der Waals surface area (Å²) in [6.45, 7) is 0.878. The largest absolute Gasteiger partial charge is 0.495 e. The summed E-state index contributed by atoms with van der Waals surface area (Å²) >= 11 is 3.30. The molecule has 0 radical (unpaired) electrons. The van der Waals surface area contributed by atoms with Gasteiger partial charge >= 0.3 is 0 Å². The molecule has 0 amide bonds. The van der Waals surface area contributed by atoms with Crippen molar-refractivity contribution in [2.75, 3.05) is 11.8 Å². The SMILES string of the molecule is COc1ccc(Br)cc1S(=O)(=O)Nc1cccc(-c2nnc3n2CCC3)c1. The van der Waals surface area contributed by atoms with E-state index in [1.54, 1.807) is 30.3 Å². The molecule has 0 unspecified atom stereocenters. The molecule has 1 N–H and O–H groups in total. The van der Waals surface area contributed by atoms with E-state index >= 15 is 0 Å². The van der Waals surface area contributed by atoms with E-state index in [4.69, 9.17) is 4.74 Å².